The van der Waals surface area contributed by atoms with Gasteiger partial charge in [0.25, 0.3) is 5.91 Å². The number of amides is 1. The van der Waals surface area contributed by atoms with Gasteiger partial charge in [-0.15, -0.1) is 0 Å². The van der Waals surface area contributed by atoms with Crippen molar-refractivity contribution >= 4 is 16.9 Å². The molecule has 3 heterocycles. The predicted molar refractivity (Wildman–Crippen MR) is 89.7 cm³/mol. The molecule has 1 unspecified atom stereocenters. The minimum atomic E-state index is -0.258. The highest BCUT2D eigenvalue weighted by molar-refractivity contribution is 5.93. The number of fused-ring (bicyclic) bond motifs is 1. The molecular weight excluding hydrogens is 304 g/mol. The lowest BCUT2D eigenvalue weighted by molar-refractivity contribution is 0.0701. The fourth-order valence-corrected chi connectivity index (χ4v) is 3.24. The van der Waals surface area contributed by atoms with E-state index in [1.807, 2.05) is 18.2 Å². The van der Waals surface area contributed by atoms with Gasteiger partial charge in [-0.3, -0.25) is 14.6 Å². The number of pyridine rings is 1. The Bertz CT molecular complexity index is 949. The number of benzene rings is 1. The van der Waals surface area contributed by atoms with E-state index < -0.39 is 0 Å². The summed E-state index contributed by atoms with van der Waals surface area (Å²) in [5.41, 5.74) is 1.10. The summed E-state index contributed by atoms with van der Waals surface area (Å²) in [6.45, 7) is 0.636. The zero-order valence-electron chi connectivity index (χ0n) is 13.0. The van der Waals surface area contributed by atoms with Crippen molar-refractivity contribution in [3.8, 4) is 0 Å². The van der Waals surface area contributed by atoms with Crippen molar-refractivity contribution in [3.63, 3.8) is 0 Å². The molecule has 1 aliphatic heterocycles. The number of nitrogens with zero attached hydrogens (tertiary/aromatic N) is 2. The summed E-state index contributed by atoms with van der Waals surface area (Å²) in [5.74, 6) is -0.174. The number of hydrogen-bond donors (Lipinski definition) is 0. The molecule has 1 atom stereocenters. The monoisotopic (exact) mass is 320 g/mol. The molecular formula is C19H16N2O3. The first-order valence-corrected chi connectivity index (χ1v) is 7.99. The molecule has 1 aliphatic rings. The van der Waals surface area contributed by atoms with Crippen molar-refractivity contribution in [2.24, 2.45) is 0 Å². The largest absolute Gasteiger partial charge is 0.451 e. The third-order valence-corrected chi connectivity index (χ3v) is 4.39. The van der Waals surface area contributed by atoms with Gasteiger partial charge in [0.15, 0.2) is 11.2 Å². The molecule has 5 nitrogen and oxygen atoms in total. The van der Waals surface area contributed by atoms with E-state index in [-0.39, 0.29) is 23.1 Å². The molecule has 0 spiro atoms. The van der Waals surface area contributed by atoms with Crippen LogP contribution in [0.5, 0.6) is 0 Å². The molecule has 1 saturated heterocycles. The maximum absolute atomic E-state index is 12.9. The topological polar surface area (TPSA) is 63.4 Å². The van der Waals surface area contributed by atoms with Crippen LogP contribution in [0.1, 0.15) is 35.1 Å². The Morgan fingerprint density at radius 2 is 2.00 bits per heavy atom. The van der Waals surface area contributed by atoms with Gasteiger partial charge in [0, 0.05) is 18.8 Å². The Kier molecular flexibility index (Phi) is 3.61. The van der Waals surface area contributed by atoms with Crippen LogP contribution in [0, 0.1) is 0 Å². The molecule has 0 saturated carbocycles. The molecule has 4 rings (SSSR count). The summed E-state index contributed by atoms with van der Waals surface area (Å²) >= 11 is 0. The second kappa shape index (κ2) is 5.92. The Morgan fingerprint density at radius 3 is 2.83 bits per heavy atom. The lowest BCUT2D eigenvalue weighted by Gasteiger charge is -2.23. The van der Waals surface area contributed by atoms with Gasteiger partial charge in [-0.2, -0.15) is 0 Å². The number of carbonyl (C=O) groups excluding carboxylic acids is 1. The van der Waals surface area contributed by atoms with Crippen LogP contribution in [-0.2, 0) is 0 Å². The van der Waals surface area contributed by atoms with Gasteiger partial charge in [0.05, 0.1) is 17.1 Å². The molecule has 0 bridgehead atoms. The van der Waals surface area contributed by atoms with Crippen LogP contribution >= 0.6 is 0 Å². The Hall–Kier alpha value is -2.95. The first-order valence-electron chi connectivity index (χ1n) is 7.99. The van der Waals surface area contributed by atoms with E-state index in [1.165, 1.54) is 6.07 Å². The second-order valence-electron chi connectivity index (χ2n) is 5.88. The zero-order chi connectivity index (χ0) is 16.5. The van der Waals surface area contributed by atoms with Crippen molar-refractivity contribution in [2.75, 3.05) is 6.54 Å². The van der Waals surface area contributed by atoms with Crippen molar-refractivity contribution < 1.29 is 9.21 Å². The Morgan fingerprint density at radius 1 is 1.17 bits per heavy atom. The van der Waals surface area contributed by atoms with Gasteiger partial charge in [-0.1, -0.05) is 18.2 Å². The molecule has 1 amide bonds. The number of likely N-dealkylation sites (tertiary alicyclic amines) is 1. The summed E-state index contributed by atoms with van der Waals surface area (Å²) in [4.78, 5) is 31.2. The minimum absolute atomic E-state index is 0.0736. The van der Waals surface area contributed by atoms with Crippen molar-refractivity contribution in [2.45, 2.75) is 18.9 Å². The molecule has 1 fully saturated rings. The SMILES string of the molecule is O=C(c1cc(=O)c2ccccc2o1)N1CCCC1c1ccccn1. The molecule has 3 aromatic rings. The fraction of sp³-hybridized carbons (Fsp3) is 0.211. The van der Waals surface area contributed by atoms with Crippen LogP contribution in [-0.4, -0.2) is 22.3 Å². The second-order valence-corrected chi connectivity index (χ2v) is 5.88. The molecule has 120 valence electrons. The third kappa shape index (κ3) is 2.48. The number of rotatable bonds is 2. The summed E-state index contributed by atoms with van der Waals surface area (Å²) in [6.07, 6.45) is 3.50. The van der Waals surface area contributed by atoms with Gasteiger partial charge in [0.2, 0.25) is 0 Å². The predicted octanol–water partition coefficient (Wildman–Crippen LogP) is 3.17. The maximum Gasteiger partial charge on any atom is 0.290 e. The van der Waals surface area contributed by atoms with Crippen LogP contribution in [0.4, 0.5) is 0 Å². The van der Waals surface area contributed by atoms with E-state index in [2.05, 4.69) is 4.98 Å². The van der Waals surface area contributed by atoms with Crippen LogP contribution in [0.15, 0.2) is 63.9 Å². The summed E-state index contributed by atoms with van der Waals surface area (Å²) in [6, 6.07) is 13.9. The highest BCUT2D eigenvalue weighted by Gasteiger charge is 2.32. The molecule has 0 aliphatic carbocycles. The maximum atomic E-state index is 12.9. The average molecular weight is 320 g/mol. The van der Waals surface area contributed by atoms with E-state index in [0.29, 0.717) is 17.5 Å². The van der Waals surface area contributed by atoms with E-state index in [1.54, 1.807) is 35.4 Å². The fourth-order valence-electron chi connectivity index (χ4n) is 3.24. The molecule has 5 heteroatoms. The molecule has 2 aromatic heterocycles. The number of hydrogen-bond acceptors (Lipinski definition) is 4. The lowest BCUT2D eigenvalue weighted by Crippen LogP contribution is -2.31. The smallest absolute Gasteiger partial charge is 0.290 e. The van der Waals surface area contributed by atoms with Crippen molar-refractivity contribution in [3.05, 3.63) is 76.4 Å². The highest BCUT2D eigenvalue weighted by Crippen LogP contribution is 2.32. The Balaban J connectivity index is 1.72. The molecule has 0 N–H and O–H groups in total. The van der Waals surface area contributed by atoms with Crippen LogP contribution in [0.3, 0.4) is 0 Å². The van der Waals surface area contributed by atoms with Crippen LogP contribution < -0.4 is 5.43 Å². The lowest BCUT2D eigenvalue weighted by atomic mass is 10.1. The summed E-state index contributed by atoms with van der Waals surface area (Å²) in [5, 5.41) is 0.483. The van der Waals surface area contributed by atoms with Gasteiger partial charge in [-0.25, -0.2) is 0 Å². The number of carbonyl (C=O) groups is 1. The van der Waals surface area contributed by atoms with E-state index >= 15 is 0 Å². The summed E-state index contributed by atoms with van der Waals surface area (Å²) in [7, 11) is 0. The van der Waals surface area contributed by atoms with Crippen LogP contribution in [0.25, 0.3) is 11.0 Å². The zero-order valence-corrected chi connectivity index (χ0v) is 13.0. The first kappa shape index (κ1) is 14.6. The van der Waals surface area contributed by atoms with Crippen LogP contribution in [0.2, 0.25) is 0 Å². The van der Waals surface area contributed by atoms with Gasteiger partial charge in [-0.05, 0) is 37.1 Å². The number of para-hydroxylation sites is 1. The molecule has 24 heavy (non-hydrogen) atoms. The Labute approximate surface area is 138 Å². The van der Waals surface area contributed by atoms with E-state index in [0.717, 1.165) is 18.5 Å². The van der Waals surface area contributed by atoms with Crippen molar-refractivity contribution in [1.29, 1.82) is 0 Å². The van der Waals surface area contributed by atoms with Gasteiger partial charge in [0.1, 0.15) is 5.58 Å². The van der Waals surface area contributed by atoms with Gasteiger partial charge >= 0.3 is 0 Å². The quantitative estimate of drug-likeness (QED) is 0.727. The van der Waals surface area contributed by atoms with Gasteiger partial charge < -0.3 is 9.32 Å². The number of aromatic nitrogens is 1. The van der Waals surface area contributed by atoms with E-state index in [9.17, 15) is 9.59 Å². The molecule has 1 aromatic carbocycles. The van der Waals surface area contributed by atoms with E-state index in [4.69, 9.17) is 4.42 Å². The van der Waals surface area contributed by atoms with Crippen molar-refractivity contribution in [1.82, 2.24) is 9.88 Å². The highest BCUT2D eigenvalue weighted by atomic mass is 16.3. The first-order chi connectivity index (χ1) is 11.7. The summed E-state index contributed by atoms with van der Waals surface area (Å²) < 4.78 is 5.69. The minimum Gasteiger partial charge on any atom is -0.451 e. The normalized spacial score (nSPS) is 17.3. The standard InChI is InChI=1S/C19H16N2O3/c22-16-12-18(24-17-9-2-1-6-13(16)17)19(23)21-11-5-8-15(21)14-7-3-4-10-20-14/h1-4,6-7,9-10,12,15H,5,8,11H2. The average Bonchev–Trinajstić information content (AvgIpc) is 3.11. The molecule has 0 radical (unpaired) electrons. The third-order valence-electron chi connectivity index (χ3n) is 4.39.